The molecule has 106 valence electrons. The molecule has 1 aromatic carbocycles. The van der Waals surface area contributed by atoms with E-state index in [2.05, 4.69) is 17.1 Å². The fourth-order valence-electron chi connectivity index (χ4n) is 1.98. The van der Waals surface area contributed by atoms with Gasteiger partial charge in [0, 0.05) is 18.7 Å². The Morgan fingerprint density at radius 3 is 2.79 bits per heavy atom. The van der Waals surface area contributed by atoms with Crippen molar-refractivity contribution in [1.29, 1.82) is 0 Å². The van der Waals surface area contributed by atoms with E-state index in [1.165, 1.54) is 0 Å². The molecule has 1 aromatic rings. The Hall–Kier alpha value is -1.39. The lowest BCUT2D eigenvalue weighted by Crippen LogP contribution is -2.28. The molecule has 0 aromatic heterocycles. The van der Waals surface area contributed by atoms with Crippen molar-refractivity contribution in [2.45, 2.75) is 26.7 Å². The van der Waals surface area contributed by atoms with Crippen molar-refractivity contribution in [2.75, 3.05) is 31.6 Å². The number of nitrogens with zero attached hydrogens (tertiary/aromatic N) is 1. The maximum Gasteiger partial charge on any atom is 0.224 e. The summed E-state index contributed by atoms with van der Waals surface area (Å²) in [6.07, 6.45) is 1.32. The number of hydrogen-bond donors (Lipinski definition) is 2. The highest BCUT2D eigenvalue weighted by Crippen LogP contribution is 2.10. The molecule has 1 amide bonds. The maximum absolute atomic E-state index is 11.8. The van der Waals surface area contributed by atoms with Crippen LogP contribution in [0.25, 0.3) is 0 Å². The van der Waals surface area contributed by atoms with E-state index in [4.69, 9.17) is 5.11 Å². The van der Waals surface area contributed by atoms with Gasteiger partial charge in [0.1, 0.15) is 0 Å². The van der Waals surface area contributed by atoms with Gasteiger partial charge in [-0.1, -0.05) is 19.1 Å². The van der Waals surface area contributed by atoms with Gasteiger partial charge in [0.15, 0.2) is 0 Å². The summed E-state index contributed by atoms with van der Waals surface area (Å²) in [4.78, 5) is 13.9. The SMILES string of the molecule is CCN(CCO)CCCC(=O)Nc1cccc(C)c1. The van der Waals surface area contributed by atoms with Gasteiger partial charge in [-0.05, 0) is 44.1 Å². The molecule has 0 saturated carbocycles. The van der Waals surface area contributed by atoms with Gasteiger partial charge < -0.3 is 15.3 Å². The zero-order valence-electron chi connectivity index (χ0n) is 11.9. The molecule has 0 spiro atoms. The highest BCUT2D eigenvalue weighted by molar-refractivity contribution is 5.90. The lowest BCUT2D eigenvalue weighted by molar-refractivity contribution is -0.116. The quantitative estimate of drug-likeness (QED) is 0.755. The van der Waals surface area contributed by atoms with Crippen molar-refractivity contribution in [1.82, 2.24) is 4.90 Å². The fourth-order valence-corrected chi connectivity index (χ4v) is 1.98. The van der Waals surface area contributed by atoms with E-state index in [0.717, 1.165) is 30.8 Å². The van der Waals surface area contributed by atoms with Gasteiger partial charge in [-0.2, -0.15) is 0 Å². The lowest BCUT2D eigenvalue weighted by Gasteiger charge is -2.18. The average Bonchev–Trinajstić information content (AvgIpc) is 2.37. The number of hydrogen-bond acceptors (Lipinski definition) is 3. The molecule has 19 heavy (non-hydrogen) atoms. The third-order valence-corrected chi connectivity index (χ3v) is 3.04. The van der Waals surface area contributed by atoms with Crippen molar-refractivity contribution in [3.05, 3.63) is 29.8 Å². The van der Waals surface area contributed by atoms with Gasteiger partial charge in [0.05, 0.1) is 6.61 Å². The lowest BCUT2D eigenvalue weighted by atomic mass is 10.2. The second kappa shape index (κ2) is 8.67. The minimum atomic E-state index is 0.0469. The van der Waals surface area contributed by atoms with Crippen LogP contribution >= 0.6 is 0 Å². The molecule has 0 bridgehead atoms. The van der Waals surface area contributed by atoms with Crippen molar-refractivity contribution < 1.29 is 9.90 Å². The highest BCUT2D eigenvalue weighted by atomic mass is 16.3. The summed E-state index contributed by atoms with van der Waals surface area (Å²) in [7, 11) is 0. The molecule has 0 unspecified atom stereocenters. The summed E-state index contributed by atoms with van der Waals surface area (Å²) < 4.78 is 0. The molecule has 0 aliphatic carbocycles. The second-order valence-corrected chi connectivity index (χ2v) is 4.68. The van der Waals surface area contributed by atoms with Gasteiger partial charge in [-0.25, -0.2) is 0 Å². The van der Waals surface area contributed by atoms with Crippen LogP contribution in [0.4, 0.5) is 5.69 Å². The molecule has 4 nitrogen and oxygen atoms in total. The van der Waals surface area contributed by atoms with E-state index >= 15 is 0 Å². The van der Waals surface area contributed by atoms with E-state index < -0.39 is 0 Å². The largest absolute Gasteiger partial charge is 0.395 e. The number of aryl methyl sites for hydroxylation is 1. The van der Waals surface area contributed by atoms with Crippen molar-refractivity contribution >= 4 is 11.6 Å². The number of likely N-dealkylation sites (N-methyl/N-ethyl adjacent to an activating group) is 1. The van der Waals surface area contributed by atoms with Crippen LogP contribution in [-0.2, 0) is 4.79 Å². The smallest absolute Gasteiger partial charge is 0.224 e. The average molecular weight is 264 g/mol. The Balaban J connectivity index is 2.28. The first kappa shape index (κ1) is 15.7. The molecule has 0 fully saturated rings. The topological polar surface area (TPSA) is 52.6 Å². The molecule has 0 radical (unpaired) electrons. The van der Waals surface area contributed by atoms with Gasteiger partial charge in [0.25, 0.3) is 0 Å². The number of anilines is 1. The minimum Gasteiger partial charge on any atom is -0.395 e. The first-order valence-electron chi connectivity index (χ1n) is 6.85. The molecule has 1 rings (SSSR count). The molecule has 4 heteroatoms. The summed E-state index contributed by atoms with van der Waals surface area (Å²) in [6, 6.07) is 7.80. The molecule has 0 atom stereocenters. The summed E-state index contributed by atoms with van der Waals surface area (Å²) in [5.41, 5.74) is 1.99. The molecule has 0 heterocycles. The van der Waals surface area contributed by atoms with Gasteiger partial charge >= 0.3 is 0 Å². The van der Waals surface area contributed by atoms with Gasteiger partial charge in [-0.3, -0.25) is 4.79 Å². The van der Waals surface area contributed by atoms with E-state index in [-0.39, 0.29) is 12.5 Å². The summed E-state index contributed by atoms with van der Waals surface area (Å²) in [6.45, 7) is 6.66. The standard InChI is InChI=1S/C15H24N2O2/c1-3-17(10-11-18)9-5-8-15(19)16-14-7-4-6-13(2)12-14/h4,6-7,12,18H,3,5,8-11H2,1-2H3,(H,16,19). The van der Waals surface area contributed by atoms with Crippen LogP contribution in [0.5, 0.6) is 0 Å². The zero-order valence-corrected chi connectivity index (χ0v) is 11.9. The Morgan fingerprint density at radius 1 is 1.37 bits per heavy atom. The van der Waals surface area contributed by atoms with Crippen molar-refractivity contribution in [3.8, 4) is 0 Å². The van der Waals surface area contributed by atoms with E-state index in [9.17, 15) is 4.79 Å². The van der Waals surface area contributed by atoms with Crippen LogP contribution in [0.2, 0.25) is 0 Å². The fraction of sp³-hybridized carbons (Fsp3) is 0.533. The number of aliphatic hydroxyl groups is 1. The molecular formula is C15H24N2O2. The molecule has 0 aliphatic heterocycles. The number of nitrogens with one attached hydrogen (secondary N) is 1. The predicted octanol–water partition coefficient (Wildman–Crippen LogP) is 2.03. The van der Waals surface area contributed by atoms with Crippen LogP contribution in [0.15, 0.2) is 24.3 Å². The third-order valence-electron chi connectivity index (χ3n) is 3.04. The van der Waals surface area contributed by atoms with Gasteiger partial charge in [-0.15, -0.1) is 0 Å². The number of aliphatic hydroxyl groups excluding tert-OH is 1. The van der Waals surface area contributed by atoms with Crippen LogP contribution in [0.1, 0.15) is 25.3 Å². The minimum absolute atomic E-state index is 0.0469. The highest BCUT2D eigenvalue weighted by Gasteiger charge is 2.05. The summed E-state index contributed by atoms with van der Waals surface area (Å²) in [5, 5.41) is 11.8. The summed E-state index contributed by atoms with van der Waals surface area (Å²) in [5.74, 6) is 0.0469. The molecule has 0 saturated heterocycles. The number of rotatable bonds is 8. The van der Waals surface area contributed by atoms with E-state index in [0.29, 0.717) is 13.0 Å². The first-order valence-corrected chi connectivity index (χ1v) is 6.85. The Kier molecular flexibility index (Phi) is 7.15. The summed E-state index contributed by atoms with van der Waals surface area (Å²) >= 11 is 0. The van der Waals surface area contributed by atoms with Crippen LogP contribution in [0, 0.1) is 6.92 Å². The number of benzene rings is 1. The van der Waals surface area contributed by atoms with Gasteiger partial charge in [0.2, 0.25) is 5.91 Å². The maximum atomic E-state index is 11.8. The van der Waals surface area contributed by atoms with Crippen LogP contribution in [-0.4, -0.2) is 42.2 Å². The van der Waals surface area contributed by atoms with E-state index in [1.54, 1.807) is 0 Å². The van der Waals surface area contributed by atoms with E-state index in [1.807, 2.05) is 31.2 Å². The Bertz CT molecular complexity index is 393. The third kappa shape index (κ3) is 6.36. The molecule has 2 N–H and O–H groups in total. The monoisotopic (exact) mass is 264 g/mol. The second-order valence-electron chi connectivity index (χ2n) is 4.68. The molecular weight excluding hydrogens is 240 g/mol. The first-order chi connectivity index (χ1) is 9.15. The number of carbonyl (C=O) groups is 1. The Labute approximate surface area is 115 Å². The normalized spacial score (nSPS) is 10.7. The number of carbonyl (C=O) groups excluding carboxylic acids is 1. The van der Waals surface area contributed by atoms with Crippen LogP contribution in [0.3, 0.4) is 0 Å². The molecule has 0 aliphatic rings. The zero-order chi connectivity index (χ0) is 14.1. The van der Waals surface area contributed by atoms with Crippen molar-refractivity contribution in [2.24, 2.45) is 0 Å². The van der Waals surface area contributed by atoms with Crippen molar-refractivity contribution in [3.63, 3.8) is 0 Å². The predicted molar refractivity (Wildman–Crippen MR) is 78.2 cm³/mol. The number of amides is 1. The Morgan fingerprint density at radius 2 is 2.16 bits per heavy atom. The van der Waals surface area contributed by atoms with Crippen LogP contribution < -0.4 is 5.32 Å².